The third-order valence-corrected chi connectivity index (χ3v) is 3.97. The lowest BCUT2D eigenvalue weighted by molar-refractivity contribution is 0.600. The zero-order valence-corrected chi connectivity index (χ0v) is 11.9. The molecular formula is C13H13ClN2O2S. The summed E-state index contributed by atoms with van der Waals surface area (Å²) in [6, 6.07) is 12.2. The van der Waals surface area contributed by atoms with Crippen LogP contribution in [0.25, 0.3) is 0 Å². The molecule has 0 radical (unpaired) electrons. The fourth-order valence-electron chi connectivity index (χ4n) is 1.64. The quantitative estimate of drug-likeness (QED) is 0.882. The minimum atomic E-state index is -3.46. The number of halogens is 1. The highest BCUT2D eigenvalue weighted by Crippen LogP contribution is 2.18. The Balaban J connectivity index is 2.17. The van der Waals surface area contributed by atoms with E-state index in [9.17, 15) is 8.42 Å². The molecule has 6 heteroatoms. The molecule has 0 aliphatic heterocycles. The maximum atomic E-state index is 12.0. The van der Waals surface area contributed by atoms with E-state index >= 15 is 0 Å². The van der Waals surface area contributed by atoms with Crippen LogP contribution in [0.2, 0.25) is 5.15 Å². The molecule has 0 spiro atoms. The summed E-state index contributed by atoms with van der Waals surface area (Å²) in [4.78, 5) is 4.00. The zero-order chi connectivity index (χ0) is 13.9. The second-order valence-corrected chi connectivity index (χ2v) is 6.22. The zero-order valence-electron chi connectivity index (χ0n) is 10.3. The highest BCUT2D eigenvalue weighted by molar-refractivity contribution is 7.91. The Morgan fingerprint density at radius 2 is 1.84 bits per heavy atom. The van der Waals surface area contributed by atoms with Gasteiger partial charge in [-0.25, -0.2) is 13.4 Å². The van der Waals surface area contributed by atoms with Crippen molar-refractivity contribution in [3.8, 4) is 0 Å². The number of nitrogens with one attached hydrogen (secondary N) is 1. The van der Waals surface area contributed by atoms with Gasteiger partial charge in [-0.3, -0.25) is 4.72 Å². The Bertz CT molecular complexity index is 672. The molecule has 1 N–H and O–H groups in total. The average molecular weight is 297 g/mol. The molecule has 2 rings (SSSR count). The van der Waals surface area contributed by atoms with E-state index in [1.165, 1.54) is 0 Å². The Labute approximate surface area is 117 Å². The molecule has 0 bridgehead atoms. The summed E-state index contributed by atoms with van der Waals surface area (Å²) < 4.78 is 26.6. The number of rotatable bonds is 4. The molecule has 0 amide bonds. The second kappa shape index (κ2) is 5.59. The summed E-state index contributed by atoms with van der Waals surface area (Å²) in [5.74, 6) is -0.0735. The lowest BCUT2D eigenvalue weighted by atomic mass is 10.2. The number of aromatic nitrogens is 1. The van der Waals surface area contributed by atoms with Gasteiger partial charge in [-0.15, -0.1) is 0 Å². The molecule has 4 nitrogen and oxygen atoms in total. The number of nitrogens with zero attached hydrogens (tertiary/aromatic N) is 1. The molecule has 0 fully saturated rings. The van der Waals surface area contributed by atoms with Gasteiger partial charge in [-0.1, -0.05) is 41.9 Å². The van der Waals surface area contributed by atoms with E-state index in [1.807, 2.05) is 6.07 Å². The van der Waals surface area contributed by atoms with Crippen molar-refractivity contribution in [1.82, 2.24) is 4.98 Å². The highest BCUT2D eigenvalue weighted by Gasteiger charge is 2.13. The van der Waals surface area contributed by atoms with Crippen molar-refractivity contribution in [2.45, 2.75) is 12.7 Å². The first-order valence-corrected chi connectivity index (χ1v) is 7.67. The second-order valence-electron chi connectivity index (χ2n) is 4.11. The van der Waals surface area contributed by atoms with Crippen molar-refractivity contribution in [2.24, 2.45) is 0 Å². The number of sulfonamides is 1. The van der Waals surface area contributed by atoms with Crippen LogP contribution in [-0.2, 0) is 15.8 Å². The summed E-state index contributed by atoms with van der Waals surface area (Å²) in [5.41, 5.74) is 1.72. The highest BCUT2D eigenvalue weighted by atomic mass is 35.5. The number of anilines is 1. The smallest absolute Gasteiger partial charge is 0.236 e. The molecular weight excluding hydrogens is 284 g/mol. The van der Waals surface area contributed by atoms with Gasteiger partial charge in [0, 0.05) is 0 Å². The van der Waals surface area contributed by atoms with Crippen molar-refractivity contribution in [2.75, 3.05) is 4.72 Å². The van der Waals surface area contributed by atoms with Crippen LogP contribution in [-0.4, -0.2) is 13.4 Å². The van der Waals surface area contributed by atoms with Crippen molar-refractivity contribution in [3.63, 3.8) is 0 Å². The van der Waals surface area contributed by atoms with Crippen molar-refractivity contribution < 1.29 is 8.42 Å². The van der Waals surface area contributed by atoms with E-state index in [1.54, 1.807) is 43.3 Å². The molecule has 0 aliphatic carbocycles. The third kappa shape index (κ3) is 3.94. The molecule has 1 aromatic carbocycles. The number of hydrogen-bond donors (Lipinski definition) is 1. The third-order valence-electron chi connectivity index (χ3n) is 2.52. The molecule has 0 saturated carbocycles. The summed E-state index contributed by atoms with van der Waals surface area (Å²) in [5, 5.41) is 0.337. The first kappa shape index (κ1) is 13.8. The van der Waals surface area contributed by atoms with Gasteiger partial charge in [0.05, 0.1) is 17.1 Å². The van der Waals surface area contributed by atoms with Crippen molar-refractivity contribution in [3.05, 3.63) is 58.9 Å². The monoisotopic (exact) mass is 296 g/mol. The van der Waals surface area contributed by atoms with Crippen molar-refractivity contribution in [1.29, 1.82) is 0 Å². The molecule has 19 heavy (non-hydrogen) atoms. The van der Waals surface area contributed by atoms with E-state index in [4.69, 9.17) is 11.6 Å². The number of pyridine rings is 1. The van der Waals surface area contributed by atoms with Gasteiger partial charge in [0.15, 0.2) is 0 Å². The summed E-state index contributed by atoms with van der Waals surface area (Å²) in [6.45, 7) is 1.70. The van der Waals surface area contributed by atoms with Crippen LogP contribution >= 0.6 is 11.6 Å². The van der Waals surface area contributed by atoms with Crippen LogP contribution in [0.1, 0.15) is 11.3 Å². The van der Waals surface area contributed by atoms with Gasteiger partial charge < -0.3 is 0 Å². The van der Waals surface area contributed by atoms with Crippen LogP contribution in [0.5, 0.6) is 0 Å². The summed E-state index contributed by atoms with van der Waals surface area (Å²) >= 11 is 5.73. The van der Waals surface area contributed by atoms with Gasteiger partial charge in [-0.2, -0.15) is 0 Å². The van der Waals surface area contributed by atoms with Gasteiger partial charge in [0.2, 0.25) is 10.0 Å². The molecule has 100 valence electrons. The van der Waals surface area contributed by atoms with E-state index in [-0.39, 0.29) is 5.75 Å². The molecule has 2 aromatic rings. The van der Waals surface area contributed by atoms with Crippen molar-refractivity contribution >= 4 is 27.3 Å². The van der Waals surface area contributed by atoms with E-state index < -0.39 is 10.0 Å². The maximum Gasteiger partial charge on any atom is 0.236 e. The molecule has 1 heterocycles. The van der Waals surface area contributed by atoms with E-state index in [0.717, 1.165) is 5.56 Å². The lowest BCUT2D eigenvalue weighted by Crippen LogP contribution is -2.16. The summed E-state index contributed by atoms with van der Waals surface area (Å²) in [7, 11) is -3.46. The maximum absolute atomic E-state index is 12.0. The first-order valence-electron chi connectivity index (χ1n) is 5.64. The van der Waals surface area contributed by atoms with Gasteiger partial charge in [0.25, 0.3) is 0 Å². The van der Waals surface area contributed by atoms with Gasteiger partial charge in [-0.05, 0) is 24.6 Å². The van der Waals surface area contributed by atoms with Crippen LogP contribution in [0.15, 0.2) is 42.5 Å². The molecule has 1 aromatic heterocycles. The Kier molecular flexibility index (Phi) is 4.07. The predicted octanol–water partition coefficient (Wildman–Crippen LogP) is 2.99. The summed E-state index contributed by atoms with van der Waals surface area (Å²) in [6.07, 6.45) is 0. The SMILES string of the molecule is Cc1nc(Cl)ccc1NS(=O)(=O)Cc1ccccc1. The number of aryl methyl sites for hydroxylation is 1. The average Bonchev–Trinajstić information content (AvgIpc) is 2.33. The fraction of sp³-hybridized carbons (Fsp3) is 0.154. The van der Waals surface area contributed by atoms with Crippen LogP contribution < -0.4 is 4.72 Å². The normalized spacial score (nSPS) is 11.3. The Morgan fingerprint density at radius 3 is 2.47 bits per heavy atom. The lowest BCUT2D eigenvalue weighted by Gasteiger charge is -2.10. The minimum Gasteiger partial charge on any atom is -0.281 e. The van der Waals surface area contributed by atoms with E-state index in [0.29, 0.717) is 16.5 Å². The predicted molar refractivity (Wildman–Crippen MR) is 76.7 cm³/mol. The van der Waals surface area contributed by atoms with Crippen LogP contribution in [0.3, 0.4) is 0 Å². The Morgan fingerprint density at radius 1 is 1.16 bits per heavy atom. The van der Waals surface area contributed by atoms with Crippen LogP contribution in [0, 0.1) is 6.92 Å². The van der Waals surface area contributed by atoms with Gasteiger partial charge >= 0.3 is 0 Å². The molecule has 0 saturated heterocycles. The van der Waals surface area contributed by atoms with Gasteiger partial charge in [0.1, 0.15) is 5.15 Å². The number of benzene rings is 1. The molecule has 0 aliphatic rings. The van der Waals surface area contributed by atoms with Crippen LogP contribution in [0.4, 0.5) is 5.69 Å². The minimum absolute atomic E-state index is 0.0735. The van der Waals surface area contributed by atoms with E-state index in [2.05, 4.69) is 9.71 Å². The number of hydrogen-bond acceptors (Lipinski definition) is 3. The Hall–Kier alpha value is -1.59. The largest absolute Gasteiger partial charge is 0.281 e. The first-order chi connectivity index (χ1) is 8.96. The topological polar surface area (TPSA) is 59.1 Å². The standard InChI is InChI=1S/C13H13ClN2O2S/c1-10-12(7-8-13(14)15-10)16-19(17,18)9-11-5-3-2-4-6-11/h2-8,16H,9H2,1H3. The fourth-order valence-corrected chi connectivity index (χ4v) is 3.08. The molecule has 0 atom stereocenters. The molecule has 0 unspecified atom stereocenters.